The van der Waals surface area contributed by atoms with Crippen molar-refractivity contribution in [3.05, 3.63) is 0 Å². The molecule has 0 spiro atoms. The molecular weight excluding hydrogens is 702 g/mol. The van der Waals surface area contributed by atoms with Gasteiger partial charge in [0.1, 0.15) is 18.8 Å². The molecule has 0 bridgehead atoms. The van der Waals surface area contributed by atoms with Crippen LogP contribution in [0.5, 0.6) is 0 Å². The molecule has 4 unspecified atom stereocenters. The number of carboxylic acids is 3. The normalized spacial score (nSPS) is 16.6. The second kappa shape index (κ2) is 33.4. The van der Waals surface area contributed by atoms with Gasteiger partial charge in [-0.2, -0.15) is 0 Å². The van der Waals surface area contributed by atoms with E-state index in [1.807, 2.05) is 0 Å². The number of nitrogens with one attached hydrogen (secondary N) is 1. The molecule has 0 aromatic carbocycles. The van der Waals surface area contributed by atoms with E-state index in [0.29, 0.717) is 50.4 Å². The number of hydrogen-bond donors (Lipinski definition) is 4. The second-order valence-corrected chi connectivity index (χ2v) is 16.1. The smallest absolute Gasteiger partial charge is 0.323 e. The number of esters is 2. The minimum Gasteiger partial charge on any atom is -0.481 e. The van der Waals surface area contributed by atoms with Crippen LogP contribution in [0.1, 0.15) is 208 Å². The third-order valence-corrected chi connectivity index (χ3v) is 10.9. The zero-order valence-corrected chi connectivity index (χ0v) is 35.5. The van der Waals surface area contributed by atoms with Gasteiger partial charge in [-0.25, -0.2) is 0 Å². The molecule has 0 amide bonds. The molecule has 11 heteroatoms. The van der Waals surface area contributed by atoms with Crippen LogP contribution in [0.15, 0.2) is 0 Å². The molecule has 0 aliphatic carbocycles. The lowest BCUT2D eigenvalue weighted by Gasteiger charge is -2.37. The van der Waals surface area contributed by atoms with Crippen LogP contribution in [0.2, 0.25) is 0 Å². The molecule has 1 aliphatic heterocycles. The summed E-state index contributed by atoms with van der Waals surface area (Å²) in [7, 11) is 0. The number of carboxylic acid groups (broad SMARTS) is 3. The molecule has 55 heavy (non-hydrogen) atoms. The van der Waals surface area contributed by atoms with Crippen molar-refractivity contribution < 1.29 is 48.8 Å². The molecule has 1 aliphatic rings. The minimum atomic E-state index is -0.870. The van der Waals surface area contributed by atoms with Gasteiger partial charge < -0.3 is 30.1 Å². The first kappa shape index (κ1) is 52.3. The van der Waals surface area contributed by atoms with Gasteiger partial charge in [-0.1, -0.05) is 130 Å². The predicted octanol–water partition coefficient (Wildman–Crippen LogP) is 10.5. The Kier molecular flexibility index (Phi) is 31.8. The fourth-order valence-electron chi connectivity index (χ4n) is 7.68. The molecule has 1 rings (SSSR count). The van der Waals surface area contributed by atoms with Crippen molar-refractivity contribution in [2.45, 2.75) is 220 Å². The van der Waals surface area contributed by atoms with E-state index in [0.717, 1.165) is 70.8 Å². The van der Waals surface area contributed by atoms with Crippen LogP contribution in [0.25, 0.3) is 0 Å². The topological polar surface area (TPSA) is 177 Å². The number of hydrogen-bond acceptors (Lipinski definition) is 8. The summed E-state index contributed by atoms with van der Waals surface area (Å²) < 4.78 is 10.9. The van der Waals surface area contributed by atoms with E-state index in [4.69, 9.17) is 19.7 Å². The maximum atomic E-state index is 13.3. The Hall–Kier alpha value is -2.69. The summed E-state index contributed by atoms with van der Waals surface area (Å²) in [5.74, 6) is -2.25. The lowest BCUT2D eigenvalue weighted by molar-refractivity contribution is -0.159. The van der Waals surface area contributed by atoms with Gasteiger partial charge in [0.2, 0.25) is 0 Å². The first-order valence-corrected chi connectivity index (χ1v) is 22.1. The molecule has 0 aromatic rings. The third kappa shape index (κ3) is 27.5. The van der Waals surface area contributed by atoms with Gasteiger partial charge in [-0.3, -0.25) is 24.0 Å². The fraction of sp³-hybridized carbons (Fsp3) is 0.886. The Bertz CT molecular complexity index is 986. The molecule has 0 radical (unpaired) electrons. The highest BCUT2D eigenvalue weighted by molar-refractivity contribution is 5.76. The number of carbonyl (C=O) groups is 5. The average Bonchev–Trinajstić information content (AvgIpc) is 3.69. The Labute approximate surface area is 333 Å². The zero-order chi connectivity index (χ0) is 41.3. The summed E-state index contributed by atoms with van der Waals surface area (Å²) >= 11 is 0. The average molecular weight is 784 g/mol. The number of aliphatic carboxylic acids is 3. The molecule has 0 saturated carbocycles. The van der Waals surface area contributed by atoms with Crippen LogP contribution < -0.4 is 5.32 Å². The Morgan fingerprint density at radius 2 is 1.15 bits per heavy atom. The van der Waals surface area contributed by atoms with E-state index in [1.165, 1.54) is 51.4 Å². The van der Waals surface area contributed by atoms with E-state index in [9.17, 15) is 29.1 Å². The number of unbranched alkanes of at least 4 members (excludes halogenated alkanes) is 9. The quantitative estimate of drug-likeness (QED) is 0.0361. The van der Waals surface area contributed by atoms with Crippen molar-refractivity contribution in [1.82, 2.24) is 5.32 Å². The van der Waals surface area contributed by atoms with Crippen molar-refractivity contribution in [2.75, 3.05) is 13.2 Å². The SMILES string of the molecule is CCCCCCC(CCCC)CC(CCCC(=O)OCC(C)OC(=O)C1CCCN1)(CC(CCCC)CCCCCC)C(=O)O.O=C(O)CCCCC(=O)O. The third-order valence-electron chi connectivity index (χ3n) is 10.9. The molecule has 322 valence electrons. The molecule has 1 heterocycles. The molecule has 11 nitrogen and oxygen atoms in total. The molecule has 1 saturated heterocycles. The van der Waals surface area contributed by atoms with Crippen molar-refractivity contribution in [3.8, 4) is 0 Å². The minimum absolute atomic E-state index is 0.0229. The lowest BCUT2D eigenvalue weighted by atomic mass is 9.67. The molecule has 1 fully saturated rings. The van der Waals surface area contributed by atoms with Gasteiger partial charge in [-0.15, -0.1) is 0 Å². The monoisotopic (exact) mass is 784 g/mol. The molecule has 0 aromatic heterocycles. The van der Waals surface area contributed by atoms with Crippen LogP contribution in [0.3, 0.4) is 0 Å². The maximum Gasteiger partial charge on any atom is 0.323 e. The van der Waals surface area contributed by atoms with E-state index >= 15 is 0 Å². The fourth-order valence-corrected chi connectivity index (χ4v) is 7.68. The predicted molar refractivity (Wildman–Crippen MR) is 218 cm³/mol. The number of ether oxygens (including phenoxy) is 2. The van der Waals surface area contributed by atoms with Crippen molar-refractivity contribution in [1.29, 1.82) is 0 Å². The summed E-state index contributed by atoms with van der Waals surface area (Å²) in [5, 5.41) is 30.3. The molecule has 4 N–H and O–H groups in total. The summed E-state index contributed by atoms with van der Waals surface area (Å²) in [4.78, 5) is 58.1. The largest absolute Gasteiger partial charge is 0.481 e. The van der Waals surface area contributed by atoms with Gasteiger partial charge in [0, 0.05) is 19.3 Å². The summed E-state index contributed by atoms with van der Waals surface area (Å²) in [6.07, 6.45) is 23.4. The van der Waals surface area contributed by atoms with Crippen LogP contribution in [-0.2, 0) is 33.4 Å². The van der Waals surface area contributed by atoms with E-state index in [2.05, 4.69) is 33.0 Å². The van der Waals surface area contributed by atoms with E-state index in [1.54, 1.807) is 6.92 Å². The number of carbonyl (C=O) groups excluding carboxylic acids is 2. The first-order chi connectivity index (χ1) is 26.3. The van der Waals surface area contributed by atoms with Crippen molar-refractivity contribution in [3.63, 3.8) is 0 Å². The van der Waals surface area contributed by atoms with Crippen molar-refractivity contribution in [2.24, 2.45) is 17.3 Å². The maximum absolute atomic E-state index is 13.3. The molecular formula is C44H81NO10. The Morgan fingerprint density at radius 1 is 0.655 bits per heavy atom. The van der Waals surface area contributed by atoms with Gasteiger partial charge in [0.25, 0.3) is 0 Å². The summed E-state index contributed by atoms with van der Waals surface area (Å²) in [5.41, 5.74) is -0.816. The van der Waals surface area contributed by atoms with E-state index < -0.39 is 29.4 Å². The van der Waals surface area contributed by atoms with Crippen LogP contribution in [0.4, 0.5) is 0 Å². The summed E-state index contributed by atoms with van der Waals surface area (Å²) in [6.45, 7) is 11.5. The highest BCUT2D eigenvalue weighted by Crippen LogP contribution is 2.44. The molecule has 4 atom stereocenters. The Balaban J connectivity index is 0.00000254. The first-order valence-electron chi connectivity index (χ1n) is 22.1. The highest BCUT2D eigenvalue weighted by Gasteiger charge is 2.41. The van der Waals surface area contributed by atoms with Gasteiger partial charge in [-0.05, 0) is 76.7 Å². The van der Waals surface area contributed by atoms with Gasteiger partial charge in [0.15, 0.2) is 0 Å². The standard InChI is InChI=1S/C38H71NO6.C6H10O4/c1-6-10-14-16-22-32(20-12-8-3)28-38(37(42)43,29-33(21-13-9-4)23-17-15-11-7-2)26-18-25-35(40)44-30-31(5)45-36(41)34-24-19-27-39-34;7-5(8)3-1-2-4-6(9)10/h31-34,39H,6-30H2,1-5H3,(H,42,43);1-4H2,(H,7,8)(H,9,10). The van der Waals surface area contributed by atoms with Crippen LogP contribution >= 0.6 is 0 Å². The van der Waals surface area contributed by atoms with Gasteiger partial charge >= 0.3 is 29.8 Å². The lowest BCUT2D eigenvalue weighted by Crippen LogP contribution is -2.36. The number of rotatable bonds is 34. The van der Waals surface area contributed by atoms with Crippen LogP contribution in [0, 0.1) is 17.3 Å². The van der Waals surface area contributed by atoms with Gasteiger partial charge in [0.05, 0.1) is 5.41 Å². The Morgan fingerprint density at radius 3 is 1.56 bits per heavy atom. The highest BCUT2D eigenvalue weighted by atomic mass is 16.6. The van der Waals surface area contributed by atoms with Crippen molar-refractivity contribution >= 4 is 29.8 Å². The second-order valence-electron chi connectivity index (χ2n) is 16.1. The summed E-state index contributed by atoms with van der Waals surface area (Å²) in [6, 6.07) is -0.270. The van der Waals surface area contributed by atoms with E-state index in [-0.39, 0.29) is 43.8 Å². The zero-order valence-electron chi connectivity index (χ0n) is 35.5. The van der Waals surface area contributed by atoms with Crippen LogP contribution in [-0.4, -0.2) is 70.5 Å².